The predicted octanol–water partition coefficient (Wildman–Crippen LogP) is 3.12. The van der Waals surface area contributed by atoms with Gasteiger partial charge in [-0.15, -0.1) is 0 Å². The monoisotopic (exact) mass is 662 g/mol. The van der Waals surface area contributed by atoms with Gasteiger partial charge in [-0.1, -0.05) is 31.4 Å². The number of nitrogens with one attached hydrogen (secondary N) is 2. The van der Waals surface area contributed by atoms with Crippen LogP contribution in [0.2, 0.25) is 0 Å². The largest absolute Gasteiger partial charge is 0.351 e. The number of benzene rings is 1. The second kappa shape index (κ2) is 13.4. The first kappa shape index (κ1) is 34.6. The highest BCUT2D eigenvalue weighted by atomic mass is 32.2. The van der Waals surface area contributed by atoms with Crippen LogP contribution in [0.15, 0.2) is 24.3 Å². The zero-order valence-corrected chi connectivity index (χ0v) is 28.7. The summed E-state index contributed by atoms with van der Waals surface area (Å²) in [6, 6.07) is 4.00. The third-order valence-corrected chi connectivity index (χ3v) is 12.4. The van der Waals surface area contributed by atoms with Crippen molar-refractivity contribution in [1.29, 1.82) is 0 Å². The number of hydrogen-bond acceptors (Lipinski definition) is 5. The van der Waals surface area contributed by atoms with Crippen molar-refractivity contribution in [3.63, 3.8) is 0 Å². The highest BCUT2D eigenvalue weighted by molar-refractivity contribution is 7.86. The Hall–Kier alpha value is -2.77. The van der Waals surface area contributed by atoms with Gasteiger partial charge in [-0.2, -0.15) is 17.0 Å². The number of piperidine rings is 1. The molecular weight excluding hydrogens is 611 g/mol. The molecule has 2 N–H and O–H groups in total. The number of halogens is 1. The van der Waals surface area contributed by atoms with Crippen molar-refractivity contribution in [2.24, 2.45) is 11.3 Å². The first-order valence-electron chi connectivity index (χ1n) is 16.7. The lowest BCUT2D eigenvalue weighted by molar-refractivity contribution is -0.147. The molecule has 5 rings (SSSR count). The summed E-state index contributed by atoms with van der Waals surface area (Å²) < 4.78 is 41.8. The van der Waals surface area contributed by atoms with Crippen LogP contribution in [0.4, 0.5) is 9.18 Å². The number of amides is 4. The van der Waals surface area contributed by atoms with E-state index < -0.39 is 27.7 Å². The minimum Gasteiger partial charge on any atom is -0.351 e. The zero-order chi connectivity index (χ0) is 33.4. The van der Waals surface area contributed by atoms with E-state index in [1.54, 1.807) is 21.9 Å². The van der Waals surface area contributed by atoms with Crippen LogP contribution in [0.1, 0.15) is 77.7 Å². The van der Waals surface area contributed by atoms with Crippen LogP contribution >= 0.6 is 0 Å². The number of piperazine rings is 1. The van der Waals surface area contributed by atoms with Crippen molar-refractivity contribution in [1.82, 2.24) is 29.0 Å². The molecule has 0 spiro atoms. The molecule has 1 aromatic carbocycles. The SMILES string of the molecule is CN(C)S(=O)(=O)N1CC2CC1CN2C(=O)NC(Cc1ccc(F)cc1)C(=O)N1CCC(C(=O)NC(C)(C)C)(C2CCCCC2)CC1. The topological polar surface area (TPSA) is 122 Å². The second-order valence-corrected chi connectivity index (χ2v) is 17.0. The number of carbonyl (C=O) groups excluding carboxylic acids is 3. The van der Waals surface area contributed by atoms with Gasteiger partial charge in [-0.3, -0.25) is 9.59 Å². The Bertz CT molecular complexity index is 1380. The average molecular weight is 663 g/mol. The van der Waals surface area contributed by atoms with Gasteiger partial charge in [-0.05, 0) is 76.5 Å². The Morgan fingerprint density at radius 2 is 1.63 bits per heavy atom. The van der Waals surface area contributed by atoms with Gasteiger partial charge in [0.15, 0.2) is 0 Å². The lowest BCUT2D eigenvalue weighted by Crippen LogP contribution is -2.60. The number of carbonyl (C=O) groups is 3. The van der Waals surface area contributed by atoms with Gasteiger partial charge in [0.2, 0.25) is 11.8 Å². The summed E-state index contributed by atoms with van der Waals surface area (Å²) in [4.78, 5) is 45.0. The molecular formula is C33H51FN6O5S. The molecule has 0 aromatic heterocycles. The summed E-state index contributed by atoms with van der Waals surface area (Å²) in [5.41, 5.74) is -0.184. The normalized spacial score (nSPS) is 24.7. The molecule has 3 unspecified atom stereocenters. The van der Waals surface area contributed by atoms with E-state index in [1.807, 2.05) is 20.8 Å². The molecule has 256 valence electrons. The van der Waals surface area contributed by atoms with Crippen molar-refractivity contribution < 1.29 is 27.2 Å². The average Bonchev–Trinajstić information content (AvgIpc) is 3.63. The summed E-state index contributed by atoms with van der Waals surface area (Å²) >= 11 is 0. The molecule has 11 nitrogen and oxygen atoms in total. The third-order valence-electron chi connectivity index (χ3n) is 10.5. The molecule has 1 saturated carbocycles. The van der Waals surface area contributed by atoms with Gasteiger partial charge in [-0.25, -0.2) is 9.18 Å². The molecule has 1 aromatic rings. The van der Waals surface area contributed by atoms with Crippen molar-refractivity contribution in [2.75, 3.05) is 40.3 Å². The number of urea groups is 1. The standard InChI is InChI=1S/C33H51FN6O5S/c1-32(2,3)36-30(42)33(24-9-7-6-8-10-24)15-17-38(18-16-33)29(41)28(19-23-11-13-25(34)14-12-23)35-31(43)39-21-27-20-26(39)22-40(27)46(44,45)37(4)5/h11-14,24,26-28H,6-10,15-22H2,1-5H3,(H,35,43)(H,36,42). The fraction of sp³-hybridized carbons (Fsp3) is 0.727. The van der Waals surface area contributed by atoms with E-state index in [1.165, 1.54) is 41.3 Å². The van der Waals surface area contributed by atoms with Crippen molar-refractivity contribution in [3.8, 4) is 0 Å². The predicted molar refractivity (Wildman–Crippen MR) is 173 cm³/mol. The number of hydrogen-bond donors (Lipinski definition) is 2. The maximum absolute atomic E-state index is 14.1. The summed E-state index contributed by atoms with van der Waals surface area (Å²) in [6.07, 6.45) is 7.29. The van der Waals surface area contributed by atoms with Crippen LogP contribution in [-0.2, 0) is 26.2 Å². The Morgan fingerprint density at radius 1 is 1.00 bits per heavy atom. The van der Waals surface area contributed by atoms with E-state index in [4.69, 9.17) is 0 Å². The summed E-state index contributed by atoms with van der Waals surface area (Å²) in [5.74, 6) is -0.265. The molecule has 3 heterocycles. The van der Waals surface area contributed by atoms with Crippen LogP contribution in [-0.4, -0.2) is 109 Å². The minimum atomic E-state index is -3.60. The zero-order valence-electron chi connectivity index (χ0n) is 27.9. The lowest BCUT2D eigenvalue weighted by Gasteiger charge is -2.48. The Balaban J connectivity index is 1.30. The van der Waals surface area contributed by atoms with Gasteiger partial charge in [0.25, 0.3) is 10.2 Å². The fourth-order valence-corrected chi connectivity index (χ4v) is 9.26. The Labute approximate surface area is 273 Å². The fourth-order valence-electron chi connectivity index (χ4n) is 7.95. The van der Waals surface area contributed by atoms with Gasteiger partial charge in [0.05, 0.1) is 5.41 Å². The van der Waals surface area contributed by atoms with Crippen molar-refractivity contribution in [2.45, 2.75) is 102 Å². The van der Waals surface area contributed by atoms with Gasteiger partial charge in [0, 0.05) is 64.3 Å². The Morgan fingerprint density at radius 3 is 2.17 bits per heavy atom. The van der Waals surface area contributed by atoms with Crippen molar-refractivity contribution >= 4 is 28.1 Å². The van der Waals surface area contributed by atoms with E-state index in [-0.39, 0.29) is 60.7 Å². The van der Waals surface area contributed by atoms with Gasteiger partial charge in [0.1, 0.15) is 11.9 Å². The van der Waals surface area contributed by atoms with Crippen LogP contribution in [0.5, 0.6) is 0 Å². The smallest absolute Gasteiger partial charge is 0.318 e. The molecule has 3 saturated heterocycles. The number of fused-ring (bicyclic) bond motifs is 2. The maximum Gasteiger partial charge on any atom is 0.318 e. The molecule has 13 heteroatoms. The van der Waals surface area contributed by atoms with Crippen LogP contribution in [0.3, 0.4) is 0 Å². The first-order chi connectivity index (χ1) is 21.6. The third kappa shape index (κ3) is 7.21. The lowest BCUT2D eigenvalue weighted by atomic mass is 9.63. The van der Waals surface area contributed by atoms with Crippen molar-refractivity contribution in [3.05, 3.63) is 35.6 Å². The maximum atomic E-state index is 14.1. The van der Waals surface area contributed by atoms with Crippen LogP contribution in [0, 0.1) is 17.2 Å². The Kier molecular flexibility index (Phi) is 10.1. The van der Waals surface area contributed by atoms with Gasteiger partial charge < -0.3 is 20.4 Å². The summed E-state index contributed by atoms with van der Waals surface area (Å²) in [7, 11) is -0.609. The quantitative estimate of drug-likeness (QED) is 0.443. The minimum absolute atomic E-state index is 0.0737. The number of rotatable bonds is 8. The van der Waals surface area contributed by atoms with E-state index in [0.717, 1.165) is 25.7 Å². The molecule has 4 fully saturated rings. The summed E-state index contributed by atoms with van der Waals surface area (Å²) in [6.45, 7) is 7.25. The molecule has 1 aliphatic carbocycles. The van der Waals surface area contributed by atoms with Crippen LogP contribution < -0.4 is 10.6 Å². The second-order valence-electron chi connectivity index (χ2n) is 14.9. The molecule has 46 heavy (non-hydrogen) atoms. The summed E-state index contributed by atoms with van der Waals surface area (Å²) in [5, 5.41) is 6.20. The van der Waals surface area contributed by atoms with E-state index in [0.29, 0.717) is 37.9 Å². The van der Waals surface area contributed by atoms with E-state index in [2.05, 4.69) is 10.6 Å². The first-order valence-corrected chi connectivity index (χ1v) is 18.1. The van der Waals surface area contributed by atoms with E-state index >= 15 is 0 Å². The number of nitrogens with zero attached hydrogens (tertiary/aromatic N) is 4. The molecule has 3 aliphatic heterocycles. The molecule has 2 bridgehead atoms. The molecule has 3 atom stereocenters. The van der Waals surface area contributed by atoms with Crippen LogP contribution in [0.25, 0.3) is 0 Å². The van der Waals surface area contributed by atoms with E-state index in [9.17, 15) is 27.2 Å². The molecule has 0 radical (unpaired) electrons. The number of likely N-dealkylation sites (tertiary alicyclic amines) is 2. The highest BCUT2D eigenvalue weighted by Gasteiger charge is 2.52. The molecule has 4 aliphatic rings. The highest BCUT2D eigenvalue weighted by Crippen LogP contribution is 2.46. The van der Waals surface area contributed by atoms with Gasteiger partial charge >= 0.3 is 6.03 Å². The molecule has 4 amide bonds.